The van der Waals surface area contributed by atoms with Crippen LogP contribution in [0.15, 0.2) is 42.5 Å². The molecule has 2 N–H and O–H groups in total. The van der Waals surface area contributed by atoms with E-state index in [-0.39, 0.29) is 11.8 Å². The Hall–Kier alpha value is -3.48. The summed E-state index contributed by atoms with van der Waals surface area (Å²) in [6.07, 6.45) is 2.04. The standard InChI is InChI=1S/C25H29N3O4/c1-30-19-6-4-5-16(11-19)12-24(29)28-9-7-17(8-10-28)25-20(26)13-18-14-22(31-2)23(32-3)15-21(18)27-25/h4-6,11,13-15,17H,7-10,12,26H2,1-3H3. The summed E-state index contributed by atoms with van der Waals surface area (Å²) in [4.78, 5) is 19.6. The zero-order valence-electron chi connectivity index (χ0n) is 18.8. The van der Waals surface area contributed by atoms with Crippen molar-refractivity contribution in [3.05, 3.63) is 53.7 Å². The van der Waals surface area contributed by atoms with Crippen molar-refractivity contribution in [2.45, 2.75) is 25.2 Å². The highest BCUT2D eigenvalue weighted by atomic mass is 16.5. The number of hydrogen-bond acceptors (Lipinski definition) is 6. The van der Waals surface area contributed by atoms with Crippen LogP contribution in [0.1, 0.15) is 30.0 Å². The van der Waals surface area contributed by atoms with Crippen LogP contribution in [0.3, 0.4) is 0 Å². The number of nitrogens with zero attached hydrogens (tertiary/aromatic N) is 2. The predicted molar refractivity (Wildman–Crippen MR) is 125 cm³/mol. The number of nitrogen functional groups attached to an aromatic ring is 1. The van der Waals surface area contributed by atoms with E-state index in [1.165, 1.54) is 0 Å². The van der Waals surface area contributed by atoms with E-state index in [1.807, 2.05) is 47.4 Å². The van der Waals surface area contributed by atoms with Crippen molar-refractivity contribution in [3.8, 4) is 17.2 Å². The Bertz CT molecular complexity index is 1120. The van der Waals surface area contributed by atoms with Gasteiger partial charge in [0.2, 0.25) is 5.91 Å². The molecule has 0 unspecified atom stereocenters. The minimum Gasteiger partial charge on any atom is -0.497 e. The van der Waals surface area contributed by atoms with Crippen molar-refractivity contribution in [2.75, 3.05) is 40.2 Å². The zero-order valence-corrected chi connectivity index (χ0v) is 18.8. The predicted octanol–water partition coefficient (Wildman–Crippen LogP) is 3.79. The van der Waals surface area contributed by atoms with E-state index >= 15 is 0 Å². The molecule has 1 aliphatic rings. The Morgan fingerprint density at radius 1 is 1.03 bits per heavy atom. The molecule has 4 rings (SSSR count). The number of pyridine rings is 1. The van der Waals surface area contributed by atoms with Crippen LogP contribution in [0.5, 0.6) is 17.2 Å². The number of fused-ring (bicyclic) bond motifs is 1. The maximum atomic E-state index is 12.8. The number of likely N-dealkylation sites (tertiary alicyclic amines) is 1. The number of ether oxygens (including phenoxy) is 3. The first-order valence-electron chi connectivity index (χ1n) is 10.7. The summed E-state index contributed by atoms with van der Waals surface area (Å²) in [5.41, 5.74) is 9.72. The van der Waals surface area contributed by atoms with E-state index in [9.17, 15) is 4.79 Å². The van der Waals surface area contributed by atoms with Gasteiger partial charge >= 0.3 is 0 Å². The highest BCUT2D eigenvalue weighted by Crippen LogP contribution is 2.36. The van der Waals surface area contributed by atoms with E-state index in [0.29, 0.717) is 36.7 Å². The molecule has 2 heterocycles. The molecule has 1 aliphatic heterocycles. The average molecular weight is 436 g/mol. The second-order valence-electron chi connectivity index (χ2n) is 8.05. The summed E-state index contributed by atoms with van der Waals surface area (Å²) in [5.74, 6) is 2.40. The Labute approximate surface area is 188 Å². The summed E-state index contributed by atoms with van der Waals surface area (Å²) < 4.78 is 16.1. The molecule has 7 nitrogen and oxygen atoms in total. The number of aromatic nitrogens is 1. The molecule has 0 spiro atoms. The minimum absolute atomic E-state index is 0.132. The lowest BCUT2D eigenvalue weighted by Crippen LogP contribution is -2.39. The van der Waals surface area contributed by atoms with Crippen molar-refractivity contribution in [2.24, 2.45) is 0 Å². The Kier molecular flexibility index (Phi) is 6.35. The van der Waals surface area contributed by atoms with Gasteiger partial charge in [-0.15, -0.1) is 0 Å². The lowest BCUT2D eigenvalue weighted by molar-refractivity contribution is -0.131. The number of carbonyl (C=O) groups excluding carboxylic acids is 1. The van der Waals surface area contributed by atoms with Gasteiger partial charge in [-0.2, -0.15) is 0 Å². The van der Waals surface area contributed by atoms with E-state index in [4.69, 9.17) is 24.9 Å². The molecule has 7 heteroatoms. The van der Waals surface area contributed by atoms with Gasteiger partial charge in [0.25, 0.3) is 0 Å². The fourth-order valence-electron chi connectivity index (χ4n) is 4.33. The van der Waals surface area contributed by atoms with Gasteiger partial charge in [0.05, 0.1) is 44.6 Å². The number of carbonyl (C=O) groups is 1. The lowest BCUT2D eigenvalue weighted by Gasteiger charge is -2.32. The molecule has 3 aromatic rings. The zero-order chi connectivity index (χ0) is 22.7. The first kappa shape index (κ1) is 21.7. The fourth-order valence-corrected chi connectivity index (χ4v) is 4.33. The van der Waals surface area contributed by atoms with Crippen molar-refractivity contribution in [1.82, 2.24) is 9.88 Å². The van der Waals surface area contributed by atoms with Gasteiger partial charge in [-0.25, -0.2) is 0 Å². The number of anilines is 1. The second kappa shape index (κ2) is 9.34. The molecule has 2 aromatic carbocycles. The SMILES string of the molecule is COc1cccc(CC(=O)N2CCC(c3nc4cc(OC)c(OC)cc4cc3N)CC2)c1. The van der Waals surface area contributed by atoms with Crippen LogP contribution < -0.4 is 19.9 Å². The smallest absolute Gasteiger partial charge is 0.226 e. The summed E-state index contributed by atoms with van der Waals surface area (Å²) in [6, 6.07) is 13.4. The monoisotopic (exact) mass is 435 g/mol. The van der Waals surface area contributed by atoms with Gasteiger partial charge in [-0.3, -0.25) is 9.78 Å². The average Bonchev–Trinajstić information content (AvgIpc) is 2.83. The summed E-state index contributed by atoms with van der Waals surface area (Å²) in [5, 5.41) is 0.912. The fraction of sp³-hybridized carbons (Fsp3) is 0.360. The Morgan fingerprint density at radius 3 is 2.44 bits per heavy atom. The number of rotatable bonds is 6. The first-order valence-corrected chi connectivity index (χ1v) is 10.7. The minimum atomic E-state index is 0.132. The highest BCUT2D eigenvalue weighted by Gasteiger charge is 2.26. The van der Waals surface area contributed by atoms with Crippen LogP contribution >= 0.6 is 0 Å². The third-order valence-electron chi connectivity index (χ3n) is 6.10. The number of benzene rings is 2. The van der Waals surface area contributed by atoms with Gasteiger partial charge in [-0.05, 0) is 42.7 Å². The Morgan fingerprint density at radius 2 is 1.75 bits per heavy atom. The maximum absolute atomic E-state index is 12.8. The van der Waals surface area contributed by atoms with Crippen molar-refractivity contribution >= 4 is 22.5 Å². The molecule has 0 aliphatic carbocycles. The van der Waals surface area contributed by atoms with Gasteiger partial charge in [0.15, 0.2) is 11.5 Å². The van der Waals surface area contributed by atoms with Gasteiger partial charge in [0, 0.05) is 30.5 Å². The van der Waals surface area contributed by atoms with Gasteiger partial charge in [0.1, 0.15) is 5.75 Å². The van der Waals surface area contributed by atoms with Crippen molar-refractivity contribution in [1.29, 1.82) is 0 Å². The number of hydrogen-bond donors (Lipinski definition) is 1. The number of nitrogens with two attached hydrogens (primary N) is 1. The molecular weight excluding hydrogens is 406 g/mol. The quantitative estimate of drug-likeness (QED) is 0.634. The molecule has 1 aromatic heterocycles. The Balaban J connectivity index is 1.46. The van der Waals surface area contributed by atoms with Crippen LogP contribution in [0.4, 0.5) is 5.69 Å². The number of piperidine rings is 1. The molecule has 1 fully saturated rings. The topological polar surface area (TPSA) is 86.9 Å². The highest BCUT2D eigenvalue weighted by molar-refractivity contribution is 5.86. The molecule has 0 saturated carbocycles. The van der Waals surface area contributed by atoms with E-state index in [1.54, 1.807) is 21.3 Å². The van der Waals surface area contributed by atoms with Crippen molar-refractivity contribution < 1.29 is 19.0 Å². The molecule has 1 amide bonds. The number of amides is 1. The molecule has 1 saturated heterocycles. The van der Waals surface area contributed by atoms with Gasteiger partial charge in [-0.1, -0.05) is 12.1 Å². The summed E-state index contributed by atoms with van der Waals surface area (Å²) >= 11 is 0. The van der Waals surface area contributed by atoms with E-state index in [2.05, 4.69) is 0 Å². The molecule has 32 heavy (non-hydrogen) atoms. The molecule has 0 radical (unpaired) electrons. The maximum Gasteiger partial charge on any atom is 0.226 e. The van der Waals surface area contributed by atoms with Crippen LogP contribution in [0.2, 0.25) is 0 Å². The molecule has 0 atom stereocenters. The third kappa shape index (κ3) is 4.42. The normalized spacial score (nSPS) is 14.4. The summed E-state index contributed by atoms with van der Waals surface area (Å²) in [7, 11) is 4.85. The number of methoxy groups -OCH3 is 3. The van der Waals surface area contributed by atoms with Crippen molar-refractivity contribution in [3.63, 3.8) is 0 Å². The van der Waals surface area contributed by atoms with E-state index in [0.717, 1.165) is 40.8 Å². The lowest BCUT2D eigenvalue weighted by atomic mass is 9.91. The molecule has 168 valence electrons. The van der Waals surface area contributed by atoms with Gasteiger partial charge < -0.3 is 24.8 Å². The molecular formula is C25H29N3O4. The largest absolute Gasteiger partial charge is 0.497 e. The first-order chi connectivity index (χ1) is 15.5. The summed E-state index contributed by atoms with van der Waals surface area (Å²) in [6.45, 7) is 1.39. The van der Waals surface area contributed by atoms with Crippen LogP contribution in [-0.4, -0.2) is 50.2 Å². The second-order valence-corrected chi connectivity index (χ2v) is 8.05. The van der Waals surface area contributed by atoms with Crippen LogP contribution in [0.25, 0.3) is 10.9 Å². The van der Waals surface area contributed by atoms with E-state index < -0.39 is 0 Å². The van der Waals surface area contributed by atoms with Crippen LogP contribution in [0, 0.1) is 0 Å². The third-order valence-corrected chi connectivity index (χ3v) is 6.10. The molecule has 0 bridgehead atoms. The van der Waals surface area contributed by atoms with Crippen LogP contribution in [-0.2, 0) is 11.2 Å².